The third kappa shape index (κ3) is 4.82. The molecule has 0 radical (unpaired) electrons. The summed E-state index contributed by atoms with van der Waals surface area (Å²) in [5.74, 6) is 0. The van der Waals surface area contributed by atoms with Crippen LogP contribution >= 0.6 is 38.5 Å². The van der Waals surface area contributed by atoms with Gasteiger partial charge in [-0.3, -0.25) is 4.98 Å². The number of nitrogens with one attached hydrogen (secondary N) is 1. The molecule has 0 aliphatic rings. The molecular formula is C16H18BrIN2. The maximum Gasteiger partial charge on any atom is 0.0577 e. The molecule has 1 heterocycles. The summed E-state index contributed by atoms with van der Waals surface area (Å²) in [6.45, 7) is 3.19. The van der Waals surface area contributed by atoms with Crippen molar-refractivity contribution in [3.05, 3.63) is 61.9 Å². The van der Waals surface area contributed by atoms with E-state index in [9.17, 15) is 0 Å². The van der Waals surface area contributed by atoms with E-state index < -0.39 is 0 Å². The molecule has 1 aromatic heterocycles. The van der Waals surface area contributed by atoms with Crippen molar-refractivity contribution >= 4 is 38.5 Å². The quantitative estimate of drug-likeness (QED) is 0.651. The minimum Gasteiger partial charge on any atom is -0.308 e. The van der Waals surface area contributed by atoms with Crippen LogP contribution in [0.15, 0.2) is 47.1 Å². The number of aromatic nitrogens is 1. The molecule has 2 nitrogen and oxygen atoms in total. The molecule has 4 heteroatoms. The average molecular weight is 445 g/mol. The van der Waals surface area contributed by atoms with Crippen molar-refractivity contribution in [2.24, 2.45) is 0 Å². The van der Waals surface area contributed by atoms with Crippen molar-refractivity contribution in [1.82, 2.24) is 10.3 Å². The fourth-order valence-electron chi connectivity index (χ4n) is 2.05. The first-order valence-corrected chi connectivity index (χ1v) is 8.65. The van der Waals surface area contributed by atoms with Crippen molar-refractivity contribution in [2.45, 2.75) is 25.8 Å². The summed E-state index contributed by atoms with van der Waals surface area (Å²) in [6, 6.07) is 13.1. The van der Waals surface area contributed by atoms with E-state index in [0.717, 1.165) is 29.6 Å². The Morgan fingerprint density at radius 2 is 1.95 bits per heavy atom. The Balaban J connectivity index is 2.14. The fourth-order valence-corrected chi connectivity index (χ4v) is 2.64. The van der Waals surface area contributed by atoms with Gasteiger partial charge in [-0.25, -0.2) is 0 Å². The standard InChI is InChI=1S/C16H18BrIN2/c1-2-9-19-16(15-8-5-13(17)11-20-15)10-12-3-6-14(18)7-4-12/h3-8,11,16,19H,2,9-10H2,1H3. The van der Waals surface area contributed by atoms with Crippen LogP contribution in [0.3, 0.4) is 0 Å². The van der Waals surface area contributed by atoms with E-state index in [1.165, 1.54) is 9.13 Å². The van der Waals surface area contributed by atoms with Gasteiger partial charge in [0.1, 0.15) is 0 Å². The Morgan fingerprint density at radius 1 is 1.20 bits per heavy atom. The van der Waals surface area contributed by atoms with Crippen LogP contribution in [0.2, 0.25) is 0 Å². The zero-order valence-corrected chi connectivity index (χ0v) is 15.2. The monoisotopic (exact) mass is 444 g/mol. The van der Waals surface area contributed by atoms with Crippen molar-refractivity contribution in [3.8, 4) is 0 Å². The molecule has 0 spiro atoms. The molecule has 0 saturated heterocycles. The number of halogens is 2. The van der Waals surface area contributed by atoms with Gasteiger partial charge in [0.25, 0.3) is 0 Å². The lowest BCUT2D eigenvalue weighted by Crippen LogP contribution is -2.25. The second kappa shape index (κ2) is 8.10. The van der Waals surface area contributed by atoms with E-state index in [0.29, 0.717) is 0 Å². The maximum absolute atomic E-state index is 4.53. The lowest BCUT2D eigenvalue weighted by atomic mass is 10.0. The van der Waals surface area contributed by atoms with Gasteiger partial charge in [0, 0.05) is 14.2 Å². The van der Waals surface area contributed by atoms with Crippen LogP contribution in [-0.4, -0.2) is 11.5 Å². The Kier molecular flexibility index (Phi) is 6.45. The molecule has 0 amide bonds. The van der Waals surface area contributed by atoms with Gasteiger partial charge in [0.15, 0.2) is 0 Å². The van der Waals surface area contributed by atoms with Gasteiger partial charge in [-0.2, -0.15) is 0 Å². The lowest BCUT2D eigenvalue weighted by Gasteiger charge is -2.18. The smallest absolute Gasteiger partial charge is 0.0577 e. The highest BCUT2D eigenvalue weighted by atomic mass is 127. The Labute approximate surface area is 142 Å². The molecule has 0 bridgehead atoms. The first-order chi connectivity index (χ1) is 9.69. The maximum atomic E-state index is 4.53. The number of benzene rings is 1. The zero-order chi connectivity index (χ0) is 14.4. The Bertz CT molecular complexity index is 525. The molecule has 1 N–H and O–H groups in total. The summed E-state index contributed by atoms with van der Waals surface area (Å²) in [5.41, 5.74) is 2.43. The molecule has 1 aromatic carbocycles. The number of hydrogen-bond acceptors (Lipinski definition) is 2. The fraction of sp³-hybridized carbons (Fsp3) is 0.312. The van der Waals surface area contributed by atoms with Crippen LogP contribution < -0.4 is 5.32 Å². The SMILES string of the molecule is CCCNC(Cc1ccc(I)cc1)c1ccc(Br)cn1. The van der Waals surface area contributed by atoms with Crippen LogP contribution in [0.5, 0.6) is 0 Å². The lowest BCUT2D eigenvalue weighted by molar-refractivity contribution is 0.518. The van der Waals surface area contributed by atoms with Crippen molar-refractivity contribution in [1.29, 1.82) is 0 Å². The number of nitrogens with zero attached hydrogens (tertiary/aromatic N) is 1. The summed E-state index contributed by atoms with van der Waals surface area (Å²) < 4.78 is 2.29. The van der Waals surface area contributed by atoms with E-state index >= 15 is 0 Å². The van der Waals surface area contributed by atoms with Gasteiger partial charge >= 0.3 is 0 Å². The number of rotatable bonds is 6. The van der Waals surface area contributed by atoms with Crippen molar-refractivity contribution in [3.63, 3.8) is 0 Å². The average Bonchev–Trinajstić information content (AvgIpc) is 2.46. The third-order valence-electron chi connectivity index (χ3n) is 3.10. The molecule has 1 atom stereocenters. The molecule has 20 heavy (non-hydrogen) atoms. The number of hydrogen-bond donors (Lipinski definition) is 1. The zero-order valence-electron chi connectivity index (χ0n) is 11.4. The van der Waals surface area contributed by atoms with E-state index in [2.05, 4.69) is 92.1 Å². The van der Waals surface area contributed by atoms with Gasteiger partial charge in [-0.05, 0) is 87.7 Å². The molecule has 2 rings (SSSR count). The minimum absolute atomic E-state index is 0.267. The normalized spacial score (nSPS) is 12.3. The van der Waals surface area contributed by atoms with Crippen LogP contribution in [-0.2, 0) is 6.42 Å². The molecule has 0 aliphatic carbocycles. The van der Waals surface area contributed by atoms with E-state index in [1.54, 1.807) is 0 Å². The predicted molar refractivity (Wildman–Crippen MR) is 95.8 cm³/mol. The molecule has 0 saturated carbocycles. The first kappa shape index (κ1) is 15.9. The van der Waals surface area contributed by atoms with Gasteiger partial charge in [0.05, 0.1) is 11.7 Å². The Morgan fingerprint density at radius 3 is 2.55 bits per heavy atom. The summed E-state index contributed by atoms with van der Waals surface area (Å²) in [5, 5.41) is 3.59. The molecular weight excluding hydrogens is 427 g/mol. The minimum atomic E-state index is 0.267. The van der Waals surface area contributed by atoms with Crippen LogP contribution in [0, 0.1) is 3.57 Å². The second-order valence-corrected chi connectivity index (χ2v) is 6.90. The Hall–Kier alpha value is -0.460. The van der Waals surface area contributed by atoms with Crippen LogP contribution in [0.25, 0.3) is 0 Å². The highest BCUT2D eigenvalue weighted by molar-refractivity contribution is 14.1. The van der Waals surface area contributed by atoms with E-state index in [4.69, 9.17) is 0 Å². The van der Waals surface area contributed by atoms with Gasteiger partial charge in [-0.15, -0.1) is 0 Å². The summed E-state index contributed by atoms with van der Waals surface area (Å²) in [4.78, 5) is 4.53. The number of pyridine rings is 1. The van der Waals surface area contributed by atoms with Gasteiger partial charge < -0.3 is 5.32 Å². The van der Waals surface area contributed by atoms with E-state index in [1.807, 2.05) is 6.20 Å². The molecule has 2 aromatic rings. The van der Waals surface area contributed by atoms with Crippen molar-refractivity contribution in [2.75, 3.05) is 6.54 Å². The summed E-state index contributed by atoms with van der Waals surface area (Å²) in [6.07, 6.45) is 3.95. The van der Waals surface area contributed by atoms with Crippen LogP contribution in [0.1, 0.15) is 30.6 Å². The summed E-state index contributed by atoms with van der Waals surface area (Å²) >= 11 is 5.77. The highest BCUT2D eigenvalue weighted by Gasteiger charge is 2.12. The summed E-state index contributed by atoms with van der Waals surface area (Å²) in [7, 11) is 0. The van der Waals surface area contributed by atoms with Gasteiger partial charge in [-0.1, -0.05) is 19.1 Å². The molecule has 0 aliphatic heterocycles. The van der Waals surface area contributed by atoms with Crippen molar-refractivity contribution < 1.29 is 0 Å². The highest BCUT2D eigenvalue weighted by Crippen LogP contribution is 2.19. The van der Waals surface area contributed by atoms with E-state index in [-0.39, 0.29) is 6.04 Å². The second-order valence-electron chi connectivity index (χ2n) is 4.74. The predicted octanol–water partition coefficient (Wildman–Crippen LogP) is 4.73. The first-order valence-electron chi connectivity index (χ1n) is 6.78. The molecule has 0 fully saturated rings. The molecule has 1 unspecified atom stereocenters. The van der Waals surface area contributed by atoms with Crippen LogP contribution in [0.4, 0.5) is 0 Å². The topological polar surface area (TPSA) is 24.9 Å². The molecule has 106 valence electrons. The van der Waals surface area contributed by atoms with Gasteiger partial charge in [0.2, 0.25) is 0 Å². The third-order valence-corrected chi connectivity index (χ3v) is 4.29. The largest absolute Gasteiger partial charge is 0.308 e.